The first-order valence-corrected chi connectivity index (χ1v) is 10.4. The summed E-state index contributed by atoms with van der Waals surface area (Å²) in [4.78, 5) is 0.153. The molecule has 1 aromatic heterocycles. The smallest absolute Gasteiger partial charge is 0.244 e. The molecule has 0 aromatic carbocycles. The first-order chi connectivity index (χ1) is 9.76. The number of hydrogen-bond donors (Lipinski definition) is 2. The van der Waals surface area contributed by atoms with Gasteiger partial charge >= 0.3 is 0 Å². The van der Waals surface area contributed by atoms with Gasteiger partial charge in [0.25, 0.3) is 0 Å². The molecule has 1 rings (SSSR count). The molecular weight excluding hydrogens is 376 g/mol. The van der Waals surface area contributed by atoms with Crippen LogP contribution in [0.1, 0.15) is 33.0 Å². The highest BCUT2D eigenvalue weighted by atomic mass is 79.9. The Kier molecular flexibility index (Phi) is 7.77. The predicted octanol–water partition coefficient (Wildman–Crippen LogP) is 2.96. The second kappa shape index (κ2) is 8.57. The Morgan fingerprint density at radius 2 is 2.05 bits per heavy atom. The fraction of sp³-hybridized carbons (Fsp3) is 0.692. The summed E-state index contributed by atoms with van der Waals surface area (Å²) in [7, 11) is -3.54. The van der Waals surface area contributed by atoms with Crippen LogP contribution in [0, 0.1) is 0 Å². The lowest BCUT2D eigenvalue weighted by molar-refractivity contribution is 0.447. The molecule has 1 aromatic rings. The highest BCUT2D eigenvalue weighted by Gasteiger charge is 2.22. The molecule has 21 heavy (non-hydrogen) atoms. The SMILES string of the molecule is CSC(C)CCNS(=O)(=O)c1cc(CNC(C)C)oc1Br. The Bertz CT molecular complexity index is 544. The summed E-state index contributed by atoms with van der Waals surface area (Å²) in [6, 6.07) is 1.86. The zero-order valence-corrected chi connectivity index (χ0v) is 16.0. The number of rotatable bonds is 9. The lowest BCUT2D eigenvalue weighted by Gasteiger charge is -2.09. The fourth-order valence-electron chi connectivity index (χ4n) is 1.57. The van der Waals surface area contributed by atoms with Crippen LogP contribution in [0.3, 0.4) is 0 Å². The zero-order chi connectivity index (χ0) is 16.0. The van der Waals surface area contributed by atoms with E-state index in [4.69, 9.17) is 4.42 Å². The van der Waals surface area contributed by atoms with Crippen molar-refractivity contribution in [3.05, 3.63) is 16.5 Å². The molecule has 0 bridgehead atoms. The van der Waals surface area contributed by atoms with E-state index in [1.54, 1.807) is 17.8 Å². The molecule has 0 spiro atoms. The second-order valence-corrected chi connectivity index (χ2v) is 8.85. The Hall–Kier alpha value is -0.0200. The van der Waals surface area contributed by atoms with Gasteiger partial charge in [0.05, 0.1) is 6.54 Å². The van der Waals surface area contributed by atoms with Crippen LogP contribution in [0.5, 0.6) is 0 Å². The molecule has 0 amide bonds. The van der Waals surface area contributed by atoms with Gasteiger partial charge in [-0.1, -0.05) is 20.8 Å². The Morgan fingerprint density at radius 1 is 1.38 bits per heavy atom. The van der Waals surface area contributed by atoms with Crippen LogP contribution in [0.25, 0.3) is 0 Å². The van der Waals surface area contributed by atoms with Gasteiger partial charge in [-0.2, -0.15) is 11.8 Å². The van der Waals surface area contributed by atoms with Crippen LogP contribution in [-0.2, 0) is 16.6 Å². The summed E-state index contributed by atoms with van der Waals surface area (Å²) < 4.78 is 32.8. The summed E-state index contributed by atoms with van der Waals surface area (Å²) in [5, 5.41) is 3.61. The van der Waals surface area contributed by atoms with Crippen molar-refractivity contribution in [2.75, 3.05) is 12.8 Å². The molecule has 0 aliphatic rings. The largest absolute Gasteiger partial charge is 0.452 e. The van der Waals surface area contributed by atoms with Crippen LogP contribution in [-0.4, -0.2) is 32.5 Å². The van der Waals surface area contributed by atoms with Gasteiger partial charge in [-0.3, -0.25) is 0 Å². The minimum Gasteiger partial charge on any atom is -0.452 e. The molecule has 0 aliphatic carbocycles. The zero-order valence-electron chi connectivity index (χ0n) is 12.8. The van der Waals surface area contributed by atoms with E-state index in [0.29, 0.717) is 30.1 Å². The summed E-state index contributed by atoms with van der Waals surface area (Å²) in [6.45, 7) is 7.02. The van der Waals surface area contributed by atoms with Crippen LogP contribution in [0.2, 0.25) is 0 Å². The number of thioether (sulfide) groups is 1. The van der Waals surface area contributed by atoms with Crippen LogP contribution >= 0.6 is 27.7 Å². The van der Waals surface area contributed by atoms with Crippen molar-refractivity contribution >= 4 is 37.7 Å². The quantitative estimate of drug-likeness (QED) is 0.668. The van der Waals surface area contributed by atoms with Gasteiger partial charge in [0.1, 0.15) is 10.7 Å². The number of hydrogen-bond acceptors (Lipinski definition) is 5. The van der Waals surface area contributed by atoms with E-state index in [1.807, 2.05) is 20.1 Å². The maximum absolute atomic E-state index is 12.2. The van der Waals surface area contributed by atoms with Gasteiger partial charge in [0, 0.05) is 23.9 Å². The van der Waals surface area contributed by atoms with Crippen molar-refractivity contribution in [3.8, 4) is 0 Å². The average Bonchev–Trinajstić information content (AvgIpc) is 2.78. The monoisotopic (exact) mass is 398 g/mol. The van der Waals surface area contributed by atoms with Crippen LogP contribution in [0.4, 0.5) is 0 Å². The van der Waals surface area contributed by atoms with Crippen molar-refractivity contribution in [1.29, 1.82) is 0 Å². The first kappa shape index (κ1) is 19.0. The van der Waals surface area contributed by atoms with Crippen molar-refractivity contribution in [3.63, 3.8) is 0 Å². The Morgan fingerprint density at radius 3 is 2.62 bits per heavy atom. The number of nitrogens with one attached hydrogen (secondary N) is 2. The predicted molar refractivity (Wildman–Crippen MR) is 91.2 cm³/mol. The molecule has 0 fully saturated rings. The second-order valence-electron chi connectivity index (χ2n) is 5.12. The van der Waals surface area contributed by atoms with Gasteiger partial charge in [0.15, 0.2) is 4.67 Å². The summed E-state index contributed by atoms with van der Waals surface area (Å²) >= 11 is 4.89. The van der Waals surface area contributed by atoms with Crippen LogP contribution in [0.15, 0.2) is 20.0 Å². The highest BCUT2D eigenvalue weighted by Crippen LogP contribution is 2.26. The molecule has 1 heterocycles. The molecule has 0 saturated carbocycles. The van der Waals surface area contributed by atoms with Crippen molar-refractivity contribution in [2.24, 2.45) is 0 Å². The highest BCUT2D eigenvalue weighted by molar-refractivity contribution is 9.10. The van der Waals surface area contributed by atoms with Crippen molar-refractivity contribution in [2.45, 2.75) is 49.9 Å². The molecule has 8 heteroatoms. The van der Waals surface area contributed by atoms with Gasteiger partial charge in [0.2, 0.25) is 10.0 Å². The molecule has 0 aliphatic heterocycles. The fourth-order valence-corrected chi connectivity index (χ4v) is 3.96. The maximum atomic E-state index is 12.2. The normalized spacial score (nSPS) is 13.8. The molecule has 1 unspecified atom stereocenters. The van der Waals surface area contributed by atoms with Crippen LogP contribution < -0.4 is 10.0 Å². The van der Waals surface area contributed by atoms with Crippen molar-refractivity contribution < 1.29 is 12.8 Å². The lowest BCUT2D eigenvalue weighted by Crippen LogP contribution is -2.26. The molecule has 0 radical (unpaired) electrons. The van der Waals surface area contributed by atoms with Gasteiger partial charge in [-0.15, -0.1) is 0 Å². The standard InChI is InChI=1S/C13H23BrN2O3S2/c1-9(2)15-8-11-7-12(13(14)19-11)21(17,18)16-6-5-10(3)20-4/h7,9-10,15-16H,5-6,8H2,1-4H3. The number of furan rings is 1. The van der Waals surface area contributed by atoms with Gasteiger partial charge in [-0.05, 0) is 28.6 Å². The van der Waals surface area contributed by atoms with Gasteiger partial charge < -0.3 is 9.73 Å². The van der Waals surface area contributed by atoms with E-state index in [-0.39, 0.29) is 9.56 Å². The van der Waals surface area contributed by atoms with E-state index in [1.165, 1.54) is 0 Å². The Balaban J connectivity index is 2.70. The molecular formula is C13H23BrN2O3S2. The van der Waals surface area contributed by atoms with Crippen molar-refractivity contribution in [1.82, 2.24) is 10.0 Å². The molecule has 0 saturated heterocycles. The molecule has 2 N–H and O–H groups in total. The van der Waals surface area contributed by atoms with E-state index >= 15 is 0 Å². The third-order valence-electron chi connectivity index (χ3n) is 2.93. The number of sulfonamides is 1. The third-order valence-corrected chi connectivity index (χ3v) is 6.28. The summed E-state index contributed by atoms with van der Waals surface area (Å²) in [6.07, 6.45) is 2.80. The molecule has 1 atom stereocenters. The topological polar surface area (TPSA) is 71.3 Å². The van der Waals surface area contributed by atoms with E-state index in [9.17, 15) is 8.42 Å². The third kappa shape index (κ3) is 6.32. The Labute approximate surface area is 139 Å². The minimum atomic E-state index is -3.54. The number of halogens is 1. The lowest BCUT2D eigenvalue weighted by atomic mass is 10.3. The first-order valence-electron chi connectivity index (χ1n) is 6.80. The van der Waals surface area contributed by atoms with Gasteiger partial charge in [-0.25, -0.2) is 13.1 Å². The molecule has 122 valence electrons. The van der Waals surface area contributed by atoms with E-state index in [2.05, 4.69) is 32.9 Å². The summed E-state index contributed by atoms with van der Waals surface area (Å²) in [5.74, 6) is 0.591. The average molecular weight is 399 g/mol. The van der Waals surface area contributed by atoms with E-state index < -0.39 is 10.0 Å². The minimum absolute atomic E-state index is 0.153. The maximum Gasteiger partial charge on any atom is 0.244 e. The molecule has 5 nitrogen and oxygen atoms in total. The summed E-state index contributed by atoms with van der Waals surface area (Å²) in [5.41, 5.74) is 0. The van der Waals surface area contributed by atoms with E-state index in [0.717, 1.165) is 6.42 Å².